The van der Waals surface area contributed by atoms with Gasteiger partial charge in [-0.1, -0.05) is 0 Å². The van der Waals surface area contributed by atoms with Crippen molar-refractivity contribution in [2.24, 2.45) is 0 Å². The van der Waals surface area contributed by atoms with Crippen molar-refractivity contribution < 1.29 is 9.05 Å². The zero-order valence-electron chi connectivity index (χ0n) is 10.5. The topological polar surface area (TPSA) is 18.5 Å². The second-order valence-electron chi connectivity index (χ2n) is 4.01. The first-order chi connectivity index (χ1) is 7.73. The van der Waals surface area contributed by atoms with E-state index in [0.29, 0.717) is 0 Å². The van der Waals surface area contributed by atoms with E-state index in [1.165, 1.54) is 5.30 Å². The summed E-state index contributed by atoms with van der Waals surface area (Å²) in [6, 6.07) is 10.3. The normalized spacial score (nSPS) is 12.7. The molecule has 0 aliphatic heterocycles. The fraction of sp³-hybridized carbons (Fsp3) is 0.538. The van der Waals surface area contributed by atoms with Gasteiger partial charge >= 0.3 is 99.0 Å². The standard InChI is InChI=1S/C13H23O2P/c1-4-11-14-16(3,15-12-5-2)13-9-7-6-8-10-13/h6-10,16H,4-5,11-12H2,1-3H3. The summed E-state index contributed by atoms with van der Waals surface area (Å²) in [5, 5.41) is 1.22. The summed E-state index contributed by atoms with van der Waals surface area (Å²) in [4.78, 5) is 0. The molecule has 0 N–H and O–H groups in total. The molecule has 0 aliphatic carbocycles. The molecule has 2 nitrogen and oxygen atoms in total. The summed E-state index contributed by atoms with van der Waals surface area (Å²) in [6.45, 7) is 7.94. The minimum absolute atomic E-state index is 0.779. The maximum atomic E-state index is 5.98. The summed E-state index contributed by atoms with van der Waals surface area (Å²) >= 11 is 0. The molecular weight excluding hydrogens is 219 g/mol. The molecule has 0 radical (unpaired) electrons. The van der Waals surface area contributed by atoms with E-state index in [1.54, 1.807) is 0 Å². The van der Waals surface area contributed by atoms with Gasteiger partial charge in [0.05, 0.1) is 0 Å². The van der Waals surface area contributed by atoms with Gasteiger partial charge in [-0.05, 0) is 0 Å². The van der Waals surface area contributed by atoms with Gasteiger partial charge in [-0.15, -0.1) is 0 Å². The molecule has 0 heterocycles. The summed E-state index contributed by atoms with van der Waals surface area (Å²) < 4.78 is 12.0. The van der Waals surface area contributed by atoms with Gasteiger partial charge in [-0.2, -0.15) is 0 Å². The molecule has 0 unspecified atom stereocenters. The third-order valence-corrected chi connectivity index (χ3v) is 5.35. The van der Waals surface area contributed by atoms with Gasteiger partial charge in [-0.25, -0.2) is 0 Å². The van der Waals surface area contributed by atoms with Crippen LogP contribution < -0.4 is 5.30 Å². The Morgan fingerprint density at radius 3 is 1.88 bits per heavy atom. The van der Waals surface area contributed by atoms with Crippen LogP contribution in [0.2, 0.25) is 0 Å². The average molecular weight is 242 g/mol. The molecule has 0 aliphatic rings. The molecule has 1 rings (SSSR count). The minimum atomic E-state index is -2.17. The van der Waals surface area contributed by atoms with Gasteiger partial charge in [0.2, 0.25) is 0 Å². The summed E-state index contributed by atoms with van der Waals surface area (Å²) in [5.41, 5.74) is 0. The van der Waals surface area contributed by atoms with Crippen molar-refractivity contribution in [2.75, 3.05) is 19.9 Å². The van der Waals surface area contributed by atoms with Crippen molar-refractivity contribution in [3.8, 4) is 0 Å². The molecule has 1 aromatic carbocycles. The van der Waals surface area contributed by atoms with Crippen LogP contribution in [0.5, 0.6) is 0 Å². The Balaban J connectivity index is 2.77. The first kappa shape index (κ1) is 13.6. The van der Waals surface area contributed by atoms with E-state index in [0.717, 1.165) is 26.1 Å². The number of rotatable bonds is 7. The first-order valence-electron chi connectivity index (χ1n) is 6.06. The summed E-state index contributed by atoms with van der Waals surface area (Å²) in [5.74, 6) is 0. The van der Waals surface area contributed by atoms with Gasteiger partial charge in [0.1, 0.15) is 0 Å². The quantitative estimate of drug-likeness (QED) is 0.682. The third kappa shape index (κ3) is 3.86. The van der Waals surface area contributed by atoms with Crippen LogP contribution in [-0.2, 0) is 9.05 Å². The Bertz CT molecular complexity index is 279. The Hall–Kier alpha value is -0.430. The fourth-order valence-electron chi connectivity index (χ4n) is 1.54. The first-order valence-corrected chi connectivity index (χ1v) is 8.38. The van der Waals surface area contributed by atoms with Gasteiger partial charge in [0, 0.05) is 0 Å². The van der Waals surface area contributed by atoms with Crippen LogP contribution in [-0.4, -0.2) is 19.9 Å². The number of hydrogen-bond acceptors (Lipinski definition) is 2. The van der Waals surface area contributed by atoms with Crippen molar-refractivity contribution in [3.05, 3.63) is 30.3 Å². The van der Waals surface area contributed by atoms with Crippen LogP contribution in [0.3, 0.4) is 0 Å². The molecular formula is C13H23O2P. The SMILES string of the molecule is CCCO[PH](C)(OCCC)c1ccccc1. The Labute approximate surface area is 99.5 Å². The van der Waals surface area contributed by atoms with Crippen LogP contribution in [0, 0.1) is 0 Å². The van der Waals surface area contributed by atoms with Gasteiger partial charge in [-0.3, -0.25) is 0 Å². The molecule has 16 heavy (non-hydrogen) atoms. The van der Waals surface area contributed by atoms with Crippen LogP contribution in [0.4, 0.5) is 0 Å². The monoisotopic (exact) mass is 242 g/mol. The average Bonchev–Trinajstić information content (AvgIpc) is 2.35. The molecule has 0 bridgehead atoms. The van der Waals surface area contributed by atoms with E-state index >= 15 is 0 Å². The Morgan fingerprint density at radius 2 is 1.44 bits per heavy atom. The molecule has 0 saturated heterocycles. The van der Waals surface area contributed by atoms with Crippen LogP contribution in [0.1, 0.15) is 26.7 Å². The van der Waals surface area contributed by atoms with Crippen LogP contribution >= 0.6 is 7.72 Å². The molecule has 0 aromatic heterocycles. The zero-order chi connectivity index (χ0) is 11.9. The Kier molecular flexibility index (Phi) is 5.97. The fourth-order valence-corrected chi connectivity index (χ4v) is 3.94. The Morgan fingerprint density at radius 1 is 0.938 bits per heavy atom. The van der Waals surface area contributed by atoms with Crippen LogP contribution in [0.15, 0.2) is 30.3 Å². The predicted molar refractivity (Wildman–Crippen MR) is 72.8 cm³/mol. The van der Waals surface area contributed by atoms with Gasteiger partial charge in [0.15, 0.2) is 0 Å². The molecule has 0 saturated carbocycles. The van der Waals surface area contributed by atoms with Gasteiger partial charge < -0.3 is 0 Å². The van der Waals surface area contributed by atoms with Crippen molar-refractivity contribution in [2.45, 2.75) is 26.7 Å². The molecule has 0 fully saturated rings. The van der Waals surface area contributed by atoms with E-state index in [-0.39, 0.29) is 0 Å². The van der Waals surface area contributed by atoms with Gasteiger partial charge in [0.25, 0.3) is 0 Å². The summed E-state index contributed by atoms with van der Waals surface area (Å²) in [6.07, 6.45) is 2.07. The van der Waals surface area contributed by atoms with Crippen molar-refractivity contribution in [1.29, 1.82) is 0 Å². The van der Waals surface area contributed by atoms with E-state index in [4.69, 9.17) is 9.05 Å². The maximum absolute atomic E-state index is 5.98. The predicted octanol–water partition coefficient (Wildman–Crippen LogP) is 3.37. The number of hydrogen-bond donors (Lipinski definition) is 0. The molecule has 1 aromatic rings. The molecule has 3 heteroatoms. The summed E-state index contributed by atoms with van der Waals surface area (Å²) in [7, 11) is -2.17. The van der Waals surface area contributed by atoms with Crippen molar-refractivity contribution >= 4 is 13.0 Å². The van der Waals surface area contributed by atoms with E-state index < -0.39 is 7.72 Å². The van der Waals surface area contributed by atoms with Crippen molar-refractivity contribution in [3.63, 3.8) is 0 Å². The molecule has 92 valence electrons. The van der Waals surface area contributed by atoms with E-state index in [1.807, 2.05) is 18.2 Å². The second-order valence-corrected chi connectivity index (χ2v) is 7.05. The van der Waals surface area contributed by atoms with Crippen molar-refractivity contribution in [1.82, 2.24) is 0 Å². The third-order valence-electron chi connectivity index (χ3n) is 2.46. The second kappa shape index (κ2) is 7.01. The van der Waals surface area contributed by atoms with E-state index in [9.17, 15) is 0 Å². The van der Waals surface area contributed by atoms with Crippen LogP contribution in [0.25, 0.3) is 0 Å². The van der Waals surface area contributed by atoms with E-state index in [2.05, 4.69) is 32.6 Å². The number of benzene rings is 1. The molecule has 0 atom stereocenters. The zero-order valence-corrected chi connectivity index (χ0v) is 11.5. The molecule has 0 amide bonds. The molecule has 0 spiro atoms.